The van der Waals surface area contributed by atoms with E-state index in [-0.39, 0.29) is 59.9 Å². The van der Waals surface area contributed by atoms with E-state index >= 15 is 0 Å². The largest absolute Gasteiger partial charge is 1.00 e. The molecule has 0 amide bonds. The number of halogens is 4. The van der Waals surface area contributed by atoms with Gasteiger partial charge in [-0.1, -0.05) is 0 Å². The molecule has 0 fully saturated rings. The fourth-order valence-electron chi connectivity index (χ4n) is 9.64. The molecule has 6 nitrogen and oxygen atoms in total. The predicted molar refractivity (Wildman–Crippen MR) is 307 cm³/mol. The maximum atomic E-state index is 6.70. The zero-order chi connectivity index (χ0) is 53.7. The molecule has 0 aliphatic rings. The third-order valence-electron chi connectivity index (χ3n) is 13.5. The first-order chi connectivity index (χ1) is 35.2. The van der Waals surface area contributed by atoms with Crippen molar-refractivity contribution >= 4 is 31.5 Å². The molecule has 0 aliphatic heterocycles. The maximum absolute atomic E-state index is 6.70. The minimum Gasteiger partial charge on any atom is -1.00 e. The van der Waals surface area contributed by atoms with Crippen LogP contribution in [0.15, 0.2) is 134 Å². The molecule has 0 radical (unpaired) electrons. The molecule has 8 rings (SSSR count). The molecule has 76 heavy (non-hydrogen) atoms. The van der Waals surface area contributed by atoms with Gasteiger partial charge in [-0.3, -0.25) is 0 Å². The summed E-state index contributed by atoms with van der Waals surface area (Å²) in [4.78, 5) is 9.43. The fraction of sp³-hybridized carbons (Fsp3) is 0.375. The Morgan fingerprint density at radius 3 is 0.684 bits per heavy atom. The van der Waals surface area contributed by atoms with E-state index in [9.17, 15) is 0 Å². The van der Waals surface area contributed by atoms with Gasteiger partial charge in [0.25, 0.3) is 0 Å². The van der Waals surface area contributed by atoms with Crippen LogP contribution in [0.25, 0.3) is 22.7 Å². The van der Waals surface area contributed by atoms with Crippen molar-refractivity contribution in [1.29, 1.82) is 0 Å². The summed E-state index contributed by atoms with van der Waals surface area (Å²) >= 11 is 13.4. The molecule has 0 aliphatic carbocycles. The van der Waals surface area contributed by atoms with Crippen LogP contribution in [0.1, 0.15) is 203 Å². The van der Waals surface area contributed by atoms with Gasteiger partial charge < -0.3 is 24.8 Å². The van der Waals surface area contributed by atoms with Crippen molar-refractivity contribution in [2.24, 2.45) is 0 Å². The van der Waals surface area contributed by atoms with Crippen LogP contribution in [0.2, 0.25) is 10.0 Å². The van der Waals surface area contributed by atoms with E-state index < -0.39 is 0 Å². The van der Waals surface area contributed by atoms with Gasteiger partial charge in [0.1, 0.15) is 0 Å². The minimum absolute atomic E-state index is 0. The smallest absolute Gasteiger partial charge is 1.00 e. The van der Waals surface area contributed by atoms with E-state index in [0.717, 1.165) is 18.4 Å². The number of hydrogen-bond donors (Lipinski definition) is 0. The summed E-state index contributed by atoms with van der Waals surface area (Å²) in [6.45, 7) is 36.5. The second kappa shape index (κ2) is 27.8. The Hall–Kier alpha value is -3.92. The molecule has 0 saturated heterocycles. The van der Waals surface area contributed by atoms with Crippen LogP contribution in [-0.2, 0) is 35.0 Å². The first-order valence-corrected chi connectivity index (χ1v) is 30.3. The van der Waals surface area contributed by atoms with Crippen LogP contribution >= 0.6 is 23.2 Å². The quantitative estimate of drug-likeness (QED) is 0.102. The third-order valence-corrected chi connectivity index (χ3v) is 18.7. The zero-order valence-corrected chi connectivity index (χ0v) is 53.3. The van der Waals surface area contributed by atoms with Crippen molar-refractivity contribution in [3.63, 3.8) is 0 Å². The van der Waals surface area contributed by atoms with Crippen LogP contribution in [0.3, 0.4) is 0 Å². The van der Waals surface area contributed by atoms with Crippen LogP contribution in [-0.4, -0.2) is 28.2 Å². The molecule has 4 heterocycles. The van der Waals surface area contributed by atoms with Crippen molar-refractivity contribution < 1.29 is 59.9 Å². The molecule has 0 unspecified atom stereocenters. The molecule has 0 bridgehead atoms. The molecule has 412 valence electrons. The average molecular weight is 1290 g/mol. The second-order valence-electron chi connectivity index (χ2n) is 21.6. The van der Waals surface area contributed by atoms with Crippen molar-refractivity contribution in [2.75, 3.05) is 0 Å². The molecule has 12 heteroatoms. The summed E-state index contributed by atoms with van der Waals surface area (Å²) in [6.07, 6.45) is 12.7. The van der Waals surface area contributed by atoms with Crippen molar-refractivity contribution in [3.05, 3.63) is 197 Å². The van der Waals surface area contributed by atoms with Crippen molar-refractivity contribution in [2.45, 2.75) is 158 Å². The third kappa shape index (κ3) is 13.7. The molecular formula is C64H78Cl4N6Pd2. The first kappa shape index (κ1) is 62.9. The number of benzene rings is 4. The van der Waals surface area contributed by atoms with Crippen molar-refractivity contribution in [1.82, 2.24) is 28.2 Å². The average Bonchev–Trinajstić information content (AvgIpc) is 3.97. The first-order valence-electron chi connectivity index (χ1n) is 26.4. The van der Waals surface area contributed by atoms with Crippen LogP contribution in [0.5, 0.6) is 0 Å². The van der Waals surface area contributed by atoms with Gasteiger partial charge in [0.2, 0.25) is 0 Å². The number of aromatic nitrogens is 6. The van der Waals surface area contributed by atoms with Gasteiger partial charge >= 0.3 is 472 Å². The summed E-state index contributed by atoms with van der Waals surface area (Å²) in [5, 5.41) is 1.44. The molecule has 0 N–H and O–H groups in total. The summed E-state index contributed by atoms with van der Waals surface area (Å²) in [5.74, 6) is 3.19. The Kier molecular flexibility index (Phi) is 23.0. The van der Waals surface area contributed by atoms with Gasteiger partial charge in [-0.15, -0.1) is 0 Å². The topological polar surface area (TPSA) is 45.5 Å². The van der Waals surface area contributed by atoms with Crippen LogP contribution in [0.4, 0.5) is 0 Å². The molecule has 0 spiro atoms. The number of hydrogen-bond acceptors (Lipinski definition) is 2. The summed E-state index contributed by atoms with van der Waals surface area (Å²) < 4.78 is 14.0. The van der Waals surface area contributed by atoms with Gasteiger partial charge in [0.05, 0.1) is 0 Å². The van der Waals surface area contributed by atoms with E-state index in [1.54, 1.807) is 0 Å². The Balaban J connectivity index is 0.000000274. The van der Waals surface area contributed by atoms with Gasteiger partial charge in [0, 0.05) is 0 Å². The van der Waals surface area contributed by atoms with Gasteiger partial charge in [-0.25, -0.2) is 0 Å². The van der Waals surface area contributed by atoms with E-state index in [0.29, 0.717) is 47.3 Å². The van der Waals surface area contributed by atoms with Gasteiger partial charge in [0.15, 0.2) is 0 Å². The number of nitrogens with zero attached hydrogens (tertiary/aromatic N) is 6. The summed E-state index contributed by atoms with van der Waals surface area (Å²) in [6, 6.07) is 34.8. The molecular weight excluding hydrogens is 1210 g/mol. The molecule has 4 aromatic carbocycles. The summed E-state index contributed by atoms with van der Waals surface area (Å²) in [5.41, 5.74) is 16.0. The molecule has 8 aromatic rings. The monoisotopic (exact) mass is 1280 g/mol. The van der Waals surface area contributed by atoms with Crippen molar-refractivity contribution in [3.8, 4) is 22.7 Å². The molecule has 0 atom stereocenters. The number of rotatable bonds is 14. The predicted octanol–water partition coefficient (Wildman–Crippen LogP) is 11.5. The number of pyridine rings is 2. The van der Waals surface area contributed by atoms with Gasteiger partial charge in [-0.05, 0) is 0 Å². The van der Waals surface area contributed by atoms with E-state index in [2.05, 4.69) is 227 Å². The number of para-hydroxylation sites is 4. The fourth-order valence-corrected chi connectivity index (χ4v) is 13.9. The standard InChI is InChI=1S/2C27H36N2.2C5H3ClN.2ClH.2Pd/c2*1-18(2)22-11-9-12-23(19(3)4)26(22)28-15-16-29(17-28)27-24(20(5)6)13-10-14-25(27)21(7)8;2*6-5-2-1-3-7-4-5;;;;/h2*9-16,18-21H,1-8H3;2*1-3H;2*1H;;/q;;;;;;2*+1/p-2. The van der Waals surface area contributed by atoms with E-state index in [1.807, 2.05) is 36.7 Å². The van der Waals surface area contributed by atoms with Gasteiger partial charge in [-0.2, -0.15) is 0 Å². The minimum atomic E-state index is 0. The van der Waals surface area contributed by atoms with E-state index in [1.165, 1.54) is 75.0 Å². The van der Waals surface area contributed by atoms with Crippen LogP contribution < -0.4 is 33.1 Å². The molecule has 0 saturated carbocycles. The second-order valence-corrected chi connectivity index (χ2v) is 26.0. The SMILES string of the molecule is CC(C)c1cccc(C(C)C)c1-n1ccn(-c2c(C(C)C)cccc2C(C)C)[c]1=[Pd+][c]1ncccc1Cl.CC(C)c1cccc(C(C)C)c1-n1ccn(-c2c(C(C)C)cccc2C(C)C)[c]1=[Pd+][c]1ncccc1Cl.[Cl-].[Cl-]. The molecule has 4 aromatic heterocycles. The summed E-state index contributed by atoms with van der Waals surface area (Å²) in [7, 11) is 0. The number of imidazole rings is 2. The Bertz CT molecular complexity index is 2870. The normalized spacial score (nSPS) is 11.7. The maximum Gasteiger partial charge on any atom is -1.00 e. The zero-order valence-electron chi connectivity index (χ0n) is 47.1. The van der Waals surface area contributed by atoms with Crippen LogP contribution in [0, 0.1) is 7.78 Å². The Morgan fingerprint density at radius 2 is 0.513 bits per heavy atom. The van der Waals surface area contributed by atoms with E-state index in [4.69, 9.17) is 33.2 Å². The Morgan fingerprint density at radius 1 is 0.316 bits per heavy atom. The Labute approximate surface area is 492 Å².